The van der Waals surface area contributed by atoms with E-state index in [1.807, 2.05) is 0 Å². The van der Waals surface area contributed by atoms with Crippen LogP contribution in [0.25, 0.3) is 0 Å². The first-order chi connectivity index (χ1) is 14.3. The summed E-state index contributed by atoms with van der Waals surface area (Å²) >= 11 is 0. The van der Waals surface area contributed by atoms with Crippen LogP contribution in [0.5, 0.6) is 0 Å². The summed E-state index contributed by atoms with van der Waals surface area (Å²) in [6.45, 7) is 20.5. The van der Waals surface area contributed by atoms with Gasteiger partial charge in [-0.3, -0.25) is 4.79 Å². The molecule has 0 aromatic carbocycles. The Morgan fingerprint density at radius 1 is 0.742 bits per heavy atom. The molecule has 0 aromatic heterocycles. The molecule has 1 nitrogen and oxygen atoms in total. The minimum Gasteiger partial charge on any atom is -0.300 e. The van der Waals surface area contributed by atoms with Crippen LogP contribution >= 0.6 is 0 Å². The Hall–Kier alpha value is -0.330. The molecule has 0 radical (unpaired) electrons. The first kappa shape index (κ1) is 22.5. The molecule has 0 spiro atoms. The predicted molar refractivity (Wildman–Crippen MR) is 130 cm³/mol. The molecule has 176 valence electrons. The molecule has 31 heavy (non-hydrogen) atoms. The van der Waals surface area contributed by atoms with Crippen molar-refractivity contribution in [3.63, 3.8) is 0 Å². The Bertz CT molecular complexity index is 764. The monoisotopic (exact) mass is 426 g/mol. The van der Waals surface area contributed by atoms with E-state index in [-0.39, 0.29) is 10.8 Å². The van der Waals surface area contributed by atoms with E-state index >= 15 is 0 Å². The summed E-state index contributed by atoms with van der Waals surface area (Å²) in [6.07, 6.45) is 13.0. The van der Waals surface area contributed by atoms with E-state index in [0.717, 1.165) is 48.3 Å². The Balaban J connectivity index is 1.55. The highest BCUT2D eigenvalue weighted by Crippen LogP contribution is 2.77. The van der Waals surface area contributed by atoms with Crippen LogP contribution in [0.1, 0.15) is 120 Å². The topological polar surface area (TPSA) is 17.1 Å². The first-order valence-corrected chi connectivity index (χ1v) is 13.8. The van der Waals surface area contributed by atoms with E-state index in [0.29, 0.717) is 22.0 Å². The molecule has 9 atom stereocenters. The van der Waals surface area contributed by atoms with Gasteiger partial charge < -0.3 is 0 Å². The molecular formula is C30H50O. The van der Waals surface area contributed by atoms with Crippen LogP contribution in [0.4, 0.5) is 0 Å². The number of carbonyl (C=O) groups excluding carboxylic acids is 1. The third kappa shape index (κ3) is 2.76. The zero-order valence-corrected chi connectivity index (χ0v) is 21.9. The van der Waals surface area contributed by atoms with Gasteiger partial charge in [0.05, 0.1) is 0 Å². The molecule has 5 aliphatic carbocycles. The second-order valence-electron chi connectivity index (χ2n) is 15.2. The molecule has 0 aromatic rings. The lowest BCUT2D eigenvalue weighted by Crippen LogP contribution is -2.66. The smallest absolute Gasteiger partial charge is 0.134 e. The summed E-state index contributed by atoms with van der Waals surface area (Å²) in [7, 11) is 0. The average molecular weight is 427 g/mol. The van der Waals surface area contributed by atoms with Gasteiger partial charge in [-0.05, 0) is 114 Å². The van der Waals surface area contributed by atoms with Gasteiger partial charge in [0, 0.05) is 12.8 Å². The van der Waals surface area contributed by atoms with Gasteiger partial charge in [-0.1, -0.05) is 55.4 Å². The zero-order valence-electron chi connectivity index (χ0n) is 21.9. The van der Waals surface area contributed by atoms with Gasteiger partial charge >= 0.3 is 0 Å². The minimum atomic E-state index is 0.183. The maximum atomic E-state index is 13.0. The van der Waals surface area contributed by atoms with Crippen molar-refractivity contribution >= 4 is 5.78 Å². The van der Waals surface area contributed by atoms with Crippen molar-refractivity contribution in [2.45, 2.75) is 120 Å². The number of fused-ring (bicyclic) bond motifs is 7. The van der Waals surface area contributed by atoms with Gasteiger partial charge in [-0.2, -0.15) is 0 Å². The Morgan fingerprint density at radius 2 is 1.45 bits per heavy atom. The molecule has 0 saturated heterocycles. The Morgan fingerprint density at radius 3 is 2.13 bits per heavy atom. The van der Waals surface area contributed by atoms with Crippen molar-refractivity contribution < 1.29 is 4.79 Å². The summed E-state index contributed by atoms with van der Waals surface area (Å²) < 4.78 is 0. The van der Waals surface area contributed by atoms with Crippen molar-refractivity contribution in [3.8, 4) is 0 Å². The molecule has 0 aliphatic heterocycles. The van der Waals surface area contributed by atoms with Crippen LogP contribution in [-0.4, -0.2) is 5.78 Å². The van der Waals surface area contributed by atoms with E-state index in [1.54, 1.807) is 0 Å². The molecule has 5 rings (SSSR count). The SMILES string of the molecule is CC(C)[C@@H]1CCC2(C)CC[C@]3(C)C(CCC4C5(C)CC(=O)CC(C)(C)[C@@H]5CCC43C)[C@@H]12. The first-order valence-electron chi connectivity index (χ1n) is 13.8. The number of hydrogen-bond donors (Lipinski definition) is 0. The van der Waals surface area contributed by atoms with Crippen LogP contribution in [0.2, 0.25) is 0 Å². The molecule has 0 heterocycles. The quantitative estimate of drug-likeness (QED) is 0.412. The predicted octanol–water partition coefficient (Wildman–Crippen LogP) is 8.31. The fourth-order valence-electron chi connectivity index (χ4n) is 11.8. The highest BCUT2D eigenvalue weighted by Gasteiger charge is 2.70. The van der Waals surface area contributed by atoms with E-state index in [2.05, 4.69) is 55.4 Å². The summed E-state index contributed by atoms with van der Waals surface area (Å²) in [5.41, 5.74) is 1.85. The molecule has 5 unspecified atom stereocenters. The molecule has 0 amide bonds. The van der Waals surface area contributed by atoms with Gasteiger partial charge in [0.15, 0.2) is 0 Å². The number of hydrogen-bond acceptors (Lipinski definition) is 1. The maximum Gasteiger partial charge on any atom is 0.134 e. The van der Waals surface area contributed by atoms with Crippen molar-refractivity contribution in [3.05, 3.63) is 0 Å². The molecule has 5 aliphatic rings. The van der Waals surface area contributed by atoms with E-state index in [4.69, 9.17) is 0 Å². The molecule has 1 heteroatoms. The van der Waals surface area contributed by atoms with Crippen LogP contribution in [0, 0.1) is 62.6 Å². The second kappa shape index (κ2) is 6.63. The van der Waals surface area contributed by atoms with Crippen LogP contribution < -0.4 is 0 Å². The molecule has 0 N–H and O–H groups in total. The average Bonchev–Trinajstić information content (AvgIpc) is 2.99. The number of ketones is 1. The van der Waals surface area contributed by atoms with Crippen LogP contribution in [0.3, 0.4) is 0 Å². The fraction of sp³-hybridized carbons (Fsp3) is 0.967. The van der Waals surface area contributed by atoms with Gasteiger partial charge in [-0.25, -0.2) is 0 Å². The maximum absolute atomic E-state index is 13.0. The Labute approximate surface area is 192 Å². The third-order valence-corrected chi connectivity index (χ3v) is 13.2. The Kier molecular flexibility index (Phi) is 4.80. The standard InChI is InChI=1S/C30H50O/c1-19(2)21-11-13-27(5)15-16-29(7)22(25(21)27)9-10-24-28(6)18-20(31)17-26(3,4)23(28)12-14-30(24,29)8/h19,21-25H,9-18H2,1-8H3/t21-,22?,23-,24?,25+,27?,28?,29+,30?/m0/s1. The fourth-order valence-corrected chi connectivity index (χ4v) is 11.8. The van der Waals surface area contributed by atoms with E-state index in [9.17, 15) is 4.79 Å². The van der Waals surface area contributed by atoms with Crippen LogP contribution in [-0.2, 0) is 4.79 Å². The summed E-state index contributed by atoms with van der Waals surface area (Å²) in [4.78, 5) is 13.0. The molecule has 5 saturated carbocycles. The van der Waals surface area contributed by atoms with Gasteiger partial charge in [0.1, 0.15) is 5.78 Å². The van der Waals surface area contributed by atoms with Gasteiger partial charge in [0.2, 0.25) is 0 Å². The van der Waals surface area contributed by atoms with Crippen molar-refractivity contribution in [1.29, 1.82) is 0 Å². The zero-order chi connectivity index (χ0) is 22.6. The van der Waals surface area contributed by atoms with E-state index in [1.165, 1.54) is 51.4 Å². The molecule has 0 bridgehead atoms. The number of carbonyl (C=O) groups is 1. The molecule has 5 fully saturated rings. The normalized spacial score (nSPS) is 55.9. The lowest BCUT2D eigenvalue weighted by molar-refractivity contribution is -0.234. The van der Waals surface area contributed by atoms with Gasteiger partial charge in [-0.15, -0.1) is 0 Å². The largest absolute Gasteiger partial charge is 0.300 e. The second-order valence-corrected chi connectivity index (χ2v) is 15.2. The summed E-state index contributed by atoms with van der Waals surface area (Å²) in [5.74, 6) is 5.58. The van der Waals surface area contributed by atoms with Crippen molar-refractivity contribution in [2.75, 3.05) is 0 Å². The number of rotatable bonds is 1. The third-order valence-electron chi connectivity index (χ3n) is 13.2. The van der Waals surface area contributed by atoms with Crippen molar-refractivity contribution in [2.24, 2.45) is 62.6 Å². The van der Waals surface area contributed by atoms with Gasteiger partial charge in [0.25, 0.3) is 0 Å². The van der Waals surface area contributed by atoms with E-state index < -0.39 is 0 Å². The summed E-state index contributed by atoms with van der Waals surface area (Å²) in [6, 6.07) is 0. The lowest BCUT2D eigenvalue weighted by Gasteiger charge is -2.72. The molecular weight excluding hydrogens is 376 g/mol. The minimum absolute atomic E-state index is 0.183. The van der Waals surface area contributed by atoms with Crippen LogP contribution in [0.15, 0.2) is 0 Å². The highest BCUT2D eigenvalue weighted by atomic mass is 16.1. The number of Topliss-reactive ketones (excluding diaryl/α,β-unsaturated/α-hetero) is 1. The highest BCUT2D eigenvalue weighted by molar-refractivity contribution is 5.81. The summed E-state index contributed by atoms with van der Waals surface area (Å²) in [5, 5.41) is 0. The lowest BCUT2D eigenvalue weighted by atomic mass is 9.32. The van der Waals surface area contributed by atoms with Crippen molar-refractivity contribution in [1.82, 2.24) is 0 Å².